The summed E-state index contributed by atoms with van der Waals surface area (Å²) in [4.78, 5) is 30.5. The van der Waals surface area contributed by atoms with Gasteiger partial charge in [0.05, 0.1) is 22.2 Å². The maximum Gasteiger partial charge on any atom is 0.335 e. The van der Waals surface area contributed by atoms with Crippen molar-refractivity contribution < 1.29 is 9.90 Å². The van der Waals surface area contributed by atoms with Crippen molar-refractivity contribution in [2.24, 2.45) is 0 Å². The second-order valence-electron chi connectivity index (χ2n) is 6.20. The lowest BCUT2D eigenvalue weighted by atomic mass is 10.1. The van der Waals surface area contributed by atoms with Crippen molar-refractivity contribution in [2.75, 3.05) is 5.32 Å². The standard InChI is InChI=1S/C19H15N5O3S2/c1-10-2-5-12(6-3-10)20-18-23-24-19(29-18)28-9-15-21-14-8-11(17(26)27)4-7-13(14)16(25)22-15/h2-8H,9H2,1H3,(H,20,23)(H,26,27)(H,21,22,25). The van der Waals surface area contributed by atoms with Gasteiger partial charge in [-0.1, -0.05) is 40.8 Å². The SMILES string of the molecule is Cc1ccc(Nc2nnc(SCc3nc4cc(C(=O)O)ccc4c(=O)[nH]3)s2)cc1. The summed E-state index contributed by atoms with van der Waals surface area (Å²) in [5.74, 6) is -0.243. The van der Waals surface area contributed by atoms with E-state index in [1.165, 1.54) is 46.9 Å². The van der Waals surface area contributed by atoms with Gasteiger partial charge < -0.3 is 15.4 Å². The van der Waals surface area contributed by atoms with Crippen molar-refractivity contribution >= 4 is 50.8 Å². The molecule has 8 nitrogen and oxygen atoms in total. The first-order chi connectivity index (χ1) is 14.0. The molecule has 0 aliphatic rings. The molecular weight excluding hydrogens is 410 g/mol. The Morgan fingerprint density at radius 2 is 2.00 bits per heavy atom. The van der Waals surface area contributed by atoms with E-state index in [4.69, 9.17) is 5.11 Å². The molecule has 0 amide bonds. The van der Waals surface area contributed by atoms with Crippen molar-refractivity contribution in [3.8, 4) is 0 Å². The van der Waals surface area contributed by atoms with Crippen LogP contribution in [0.4, 0.5) is 10.8 Å². The molecule has 10 heteroatoms. The first kappa shape index (κ1) is 19.1. The van der Waals surface area contributed by atoms with Crippen LogP contribution in [0, 0.1) is 6.92 Å². The normalized spacial score (nSPS) is 10.9. The van der Waals surface area contributed by atoms with E-state index in [1.807, 2.05) is 31.2 Å². The molecule has 4 rings (SSSR count). The van der Waals surface area contributed by atoms with Gasteiger partial charge >= 0.3 is 5.97 Å². The van der Waals surface area contributed by atoms with Crippen molar-refractivity contribution in [2.45, 2.75) is 17.0 Å². The van der Waals surface area contributed by atoms with Crippen LogP contribution < -0.4 is 10.9 Å². The molecule has 29 heavy (non-hydrogen) atoms. The lowest BCUT2D eigenvalue weighted by Crippen LogP contribution is -2.12. The monoisotopic (exact) mass is 425 g/mol. The Morgan fingerprint density at radius 1 is 1.21 bits per heavy atom. The number of aromatic carboxylic acids is 1. The molecule has 4 aromatic rings. The van der Waals surface area contributed by atoms with Crippen LogP contribution in [0.15, 0.2) is 51.6 Å². The Hall–Kier alpha value is -3.24. The number of aromatic nitrogens is 4. The quantitative estimate of drug-likeness (QED) is 0.399. The third-order valence-corrected chi connectivity index (χ3v) is 6.03. The van der Waals surface area contributed by atoms with Crippen molar-refractivity contribution in [1.82, 2.24) is 20.2 Å². The minimum Gasteiger partial charge on any atom is -0.478 e. The summed E-state index contributed by atoms with van der Waals surface area (Å²) in [6.07, 6.45) is 0. The number of hydrogen-bond acceptors (Lipinski definition) is 8. The van der Waals surface area contributed by atoms with E-state index >= 15 is 0 Å². The average molecular weight is 425 g/mol. The number of fused-ring (bicyclic) bond motifs is 1. The smallest absolute Gasteiger partial charge is 0.335 e. The molecule has 146 valence electrons. The Balaban J connectivity index is 1.48. The number of aromatic amines is 1. The van der Waals surface area contributed by atoms with Crippen LogP contribution in [0.25, 0.3) is 10.9 Å². The number of thioether (sulfide) groups is 1. The van der Waals surface area contributed by atoms with E-state index in [0.29, 0.717) is 27.6 Å². The number of rotatable bonds is 6. The minimum atomic E-state index is -1.06. The van der Waals surface area contributed by atoms with Crippen LogP contribution in [0.1, 0.15) is 21.7 Å². The predicted octanol–water partition coefficient (Wildman–Crippen LogP) is 3.82. The van der Waals surface area contributed by atoms with Gasteiger partial charge in [0, 0.05) is 5.69 Å². The number of carboxylic acid groups (broad SMARTS) is 1. The molecule has 0 aliphatic heterocycles. The number of nitrogens with one attached hydrogen (secondary N) is 2. The highest BCUT2D eigenvalue weighted by molar-refractivity contribution is 8.00. The third kappa shape index (κ3) is 4.44. The van der Waals surface area contributed by atoms with E-state index in [2.05, 4.69) is 25.5 Å². The van der Waals surface area contributed by atoms with Gasteiger partial charge in [-0.3, -0.25) is 4.79 Å². The number of anilines is 2. The fourth-order valence-electron chi connectivity index (χ4n) is 2.60. The zero-order valence-corrected chi connectivity index (χ0v) is 16.8. The van der Waals surface area contributed by atoms with E-state index in [1.54, 1.807) is 0 Å². The van der Waals surface area contributed by atoms with Crippen LogP contribution in [-0.4, -0.2) is 31.2 Å². The second kappa shape index (κ2) is 8.02. The Kier molecular flexibility index (Phi) is 5.28. The van der Waals surface area contributed by atoms with Crippen molar-refractivity contribution in [3.63, 3.8) is 0 Å². The first-order valence-corrected chi connectivity index (χ1v) is 10.3. The zero-order chi connectivity index (χ0) is 20.4. The minimum absolute atomic E-state index is 0.0881. The summed E-state index contributed by atoms with van der Waals surface area (Å²) in [6.45, 7) is 2.02. The number of nitrogens with zero attached hydrogens (tertiary/aromatic N) is 3. The molecule has 0 saturated heterocycles. The summed E-state index contributed by atoms with van der Waals surface area (Å²) in [7, 11) is 0. The largest absolute Gasteiger partial charge is 0.478 e. The Bertz CT molecular complexity index is 1250. The molecule has 3 N–H and O–H groups in total. The molecular formula is C19H15N5O3S2. The van der Waals surface area contributed by atoms with Crippen LogP contribution in [-0.2, 0) is 5.75 Å². The fraction of sp³-hybridized carbons (Fsp3) is 0.105. The number of carboxylic acids is 1. The van der Waals surface area contributed by atoms with Gasteiger partial charge in [0.1, 0.15) is 5.82 Å². The molecule has 0 unspecified atom stereocenters. The number of benzene rings is 2. The van der Waals surface area contributed by atoms with Crippen LogP contribution in [0.2, 0.25) is 0 Å². The number of carbonyl (C=O) groups is 1. The van der Waals surface area contributed by atoms with Crippen LogP contribution >= 0.6 is 23.1 Å². The lowest BCUT2D eigenvalue weighted by Gasteiger charge is -2.03. The average Bonchev–Trinajstić information content (AvgIpc) is 3.15. The summed E-state index contributed by atoms with van der Waals surface area (Å²) >= 11 is 2.79. The third-order valence-electron chi connectivity index (χ3n) is 4.04. The maximum absolute atomic E-state index is 12.2. The fourth-order valence-corrected chi connectivity index (χ4v) is 4.24. The number of aryl methyl sites for hydroxylation is 1. The number of H-pyrrole nitrogens is 1. The molecule has 0 saturated carbocycles. The second-order valence-corrected chi connectivity index (χ2v) is 8.40. The van der Waals surface area contributed by atoms with Gasteiger partial charge in [-0.2, -0.15) is 0 Å². The molecule has 0 bridgehead atoms. The molecule has 2 aromatic carbocycles. The van der Waals surface area contributed by atoms with Gasteiger partial charge in [0.2, 0.25) is 5.13 Å². The molecule has 0 spiro atoms. The van der Waals surface area contributed by atoms with E-state index in [9.17, 15) is 9.59 Å². The van der Waals surface area contributed by atoms with Gasteiger partial charge in [0.25, 0.3) is 5.56 Å². The summed E-state index contributed by atoms with van der Waals surface area (Å²) in [5, 5.41) is 21.6. The van der Waals surface area contributed by atoms with E-state index in [-0.39, 0.29) is 11.1 Å². The molecule has 0 fully saturated rings. The summed E-state index contributed by atoms with van der Waals surface area (Å²) < 4.78 is 0.724. The van der Waals surface area contributed by atoms with Gasteiger partial charge in [-0.25, -0.2) is 9.78 Å². The van der Waals surface area contributed by atoms with Gasteiger partial charge in [-0.05, 0) is 37.3 Å². The highest BCUT2D eigenvalue weighted by atomic mass is 32.2. The summed E-state index contributed by atoms with van der Waals surface area (Å²) in [5.41, 5.74) is 2.24. The van der Waals surface area contributed by atoms with Crippen molar-refractivity contribution in [1.29, 1.82) is 0 Å². The van der Waals surface area contributed by atoms with Crippen LogP contribution in [0.3, 0.4) is 0 Å². The molecule has 2 aromatic heterocycles. The Morgan fingerprint density at radius 3 is 2.76 bits per heavy atom. The lowest BCUT2D eigenvalue weighted by molar-refractivity contribution is 0.0697. The van der Waals surface area contributed by atoms with Gasteiger partial charge in [-0.15, -0.1) is 10.2 Å². The molecule has 0 aliphatic carbocycles. The topological polar surface area (TPSA) is 121 Å². The Labute approximate surface area is 173 Å². The molecule has 0 radical (unpaired) electrons. The predicted molar refractivity (Wildman–Crippen MR) is 113 cm³/mol. The zero-order valence-electron chi connectivity index (χ0n) is 15.2. The van der Waals surface area contributed by atoms with E-state index < -0.39 is 5.97 Å². The number of hydrogen-bond donors (Lipinski definition) is 3. The highest BCUT2D eigenvalue weighted by Crippen LogP contribution is 2.29. The van der Waals surface area contributed by atoms with Gasteiger partial charge in [0.15, 0.2) is 4.34 Å². The highest BCUT2D eigenvalue weighted by Gasteiger charge is 2.10. The maximum atomic E-state index is 12.2. The van der Waals surface area contributed by atoms with Crippen LogP contribution in [0.5, 0.6) is 0 Å². The van der Waals surface area contributed by atoms with Crippen molar-refractivity contribution in [3.05, 3.63) is 69.8 Å². The summed E-state index contributed by atoms with van der Waals surface area (Å²) in [6, 6.07) is 12.2. The molecule has 2 heterocycles. The van der Waals surface area contributed by atoms with E-state index in [0.717, 1.165) is 10.0 Å². The molecule has 0 atom stereocenters. The first-order valence-electron chi connectivity index (χ1n) is 8.54.